The summed E-state index contributed by atoms with van der Waals surface area (Å²) in [5.41, 5.74) is 7.97. The van der Waals surface area contributed by atoms with Crippen LogP contribution in [-0.4, -0.2) is 63.2 Å². The van der Waals surface area contributed by atoms with Crippen LogP contribution < -0.4 is 10.6 Å². The summed E-state index contributed by atoms with van der Waals surface area (Å²) in [6.45, 7) is 8.13. The summed E-state index contributed by atoms with van der Waals surface area (Å²) < 4.78 is 13.4. The Morgan fingerprint density at radius 3 is 2.48 bits per heavy atom. The Hall–Kier alpha value is -1.17. The normalized spacial score (nSPS) is 18.3. The number of hydrogen-bond donors (Lipinski definition) is 1. The monoisotopic (exact) mass is 294 g/mol. The molecule has 1 saturated heterocycles. The second kappa shape index (κ2) is 7.20. The molecular weight excluding hydrogens is 267 g/mol. The van der Waals surface area contributed by atoms with E-state index in [0.717, 1.165) is 50.5 Å². The Kier molecular flexibility index (Phi) is 5.56. The number of benzene rings is 1. The zero-order chi connectivity index (χ0) is 15.4. The van der Waals surface area contributed by atoms with Crippen LogP contribution in [0.1, 0.15) is 18.5 Å². The average Bonchev–Trinajstić information content (AvgIpc) is 2.45. The maximum absolute atomic E-state index is 13.4. The van der Waals surface area contributed by atoms with Crippen molar-refractivity contribution >= 4 is 5.69 Å². The quantitative estimate of drug-likeness (QED) is 0.893. The number of rotatable bonds is 5. The molecule has 0 bridgehead atoms. The van der Waals surface area contributed by atoms with Gasteiger partial charge < -0.3 is 15.5 Å². The molecule has 0 amide bonds. The van der Waals surface area contributed by atoms with E-state index in [4.69, 9.17) is 5.73 Å². The van der Waals surface area contributed by atoms with Gasteiger partial charge in [-0.2, -0.15) is 0 Å². The summed E-state index contributed by atoms with van der Waals surface area (Å²) >= 11 is 0. The number of nitrogens with zero attached hydrogens (tertiary/aromatic N) is 3. The highest BCUT2D eigenvalue weighted by Crippen LogP contribution is 2.27. The largest absolute Gasteiger partial charge is 0.369 e. The fourth-order valence-electron chi connectivity index (χ4n) is 2.73. The topological polar surface area (TPSA) is 35.7 Å². The van der Waals surface area contributed by atoms with Gasteiger partial charge in [-0.05, 0) is 44.8 Å². The lowest BCUT2D eigenvalue weighted by Gasteiger charge is -2.37. The van der Waals surface area contributed by atoms with E-state index in [1.54, 1.807) is 6.07 Å². The molecular formula is C16H27FN4. The molecule has 5 heteroatoms. The van der Waals surface area contributed by atoms with Gasteiger partial charge in [0.05, 0.1) is 0 Å². The van der Waals surface area contributed by atoms with Crippen LogP contribution in [0.15, 0.2) is 18.2 Å². The van der Waals surface area contributed by atoms with Gasteiger partial charge >= 0.3 is 0 Å². The highest BCUT2D eigenvalue weighted by molar-refractivity contribution is 5.55. The van der Waals surface area contributed by atoms with E-state index in [2.05, 4.69) is 28.8 Å². The minimum atomic E-state index is -0.212. The van der Waals surface area contributed by atoms with Gasteiger partial charge in [0, 0.05) is 51.0 Å². The van der Waals surface area contributed by atoms with Crippen molar-refractivity contribution < 1.29 is 4.39 Å². The number of piperazine rings is 1. The molecule has 0 aliphatic carbocycles. The molecule has 1 atom stereocenters. The second-order valence-electron chi connectivity index (χ2n) is 6.12. The molecule has 1 aromatic carbocycles. The molecule has 2 rings (SSSR count). The fourth-order valence-corrected chi connectivity index (χ4v) is 2.73. The van der Waals surface area contributed by atoms with E-state index < -0.39 is 0 Å². The molecule has 21 heavy (non-hydrogen) atoms. The average molecular weight is 294 g/mol. The van der Waals surface area contributed by atoms with Crippen LogP contribution in [-0.2, 0) is 0 Å². The highest BCUT2D eigenvalue weighted by Gasteiger charge is 2.20. The van der Waals surface area contributed by atoms with Gasteiger partial charge in [0.1, 0.15) is 5.82 Å². The van der Waals surface area contributed by atoms with Crippen molar-refractivity contribution in [3.05, 3.63) is 29.6 Å². The first-order valence-electron chi connectivity index (χ1n) is 7.64. The first-order chi connectivity index (χ1) is 9.97. The van der Waals surface area contributed by atoms with Crippen molar-refractivity contribution in [1.82, 2.24) is 9.80 Å². The molecule has 0 saturated carbocycles. The number of nitrogens with two attached hydrogens (primary N) is 1. The van der Waals surface area contributed by atoms with Crippen molar-refractivity contribution in [1.29, 1.82) is 0 Å². The Labute approximate surface area is 127 Å². The van der Waals surface area contributed by atoms with E-state index in [-0.39, 0.29) is 11.9 Å². The van der Waals surface area contributed by atoms with Gasteiger partial charge in [0.25, 0.3) is 0 Å². The Balaban J connectivity index is 1.99. The lowest BCUT2D eigenvalue weighted by Crippen LogP contribution is -2.48. The SMILES string of the molecule is C[C@@H](N)c1cc(F)ccc1N1CCN(CCN(C)C)CC1. The third-order valence-corrected chi connectivity index (χ3v) is 4.06. The number of likely N-dealkylation sites (N-methyl/N-ethyl adjacent to an activating group) is 1. The molecule has 1 aliphatic heterocycles. The first kappa shape index (κ1) is 16.2. The van der Waals surface area contributed by atoms with Crippen LogP contribution in [0.5, 0.6) is 0 Å². The minimum absolute atomic E-state index is 0.150. The third kappa shape index (κ3) is 4.40. The molecule has 1 heterocycles. The predicted molar refractivity (Wildman–Crippen MR) is 86.2 cm³/mol. The van der Waals surface area contributed by atoms with E-state index >= 15 is 0 Å². The molecule has 0 aromatic heterocycles. The zero-order valence-corrected chi connectivity index (χ0v) is 13.3. The number of anilines is 1. The van der Waals surface area contributed by atoms with Crippen LogP contribution in [0.2, 0.25) is 0 Å². The highest BCUT2D eigenvalue weighted by atomic mass is 19.1. The predicted octanol–water partition coefficient (Wildman–Crippen LogP) is 1.53. The molecule has 2 N–H and O–H groups in total. The number of halogens is 1. The van der Waals surface area contributed by atoms with Crippen LogP contribution in [0.3, 0.4) is 0 Å². The van der Waals surface area contributed by atoms with Gasteiger partial charge in [0.15, 0.2) is 0 Å². The minimum Gasteiger partial charge on any atom is -0.369 e. The maximum atomic E-state index is 13.4. The third-order valence-electron chi connectivity index (χ3n) is 4.06. The summed E-state index contributed by atoms with van der Waals surface area (Å²) in [4.78, 5) is 7.01. The van der Waals surface area contributed by atoms with Crippen LogP contribution in [0.25, 0.3) is 0 Å². The van der Waals surface area contributed by atoms with Crippen molar-refractivity contribution in [2.24, 2.45) is 5.73 Å². The summed E-state index contributed by atoms with van der Waals surface area (Å²) in [5.74, 6) is -0.212. The van der Waals surface area contributed by atoms with Gasteiger partial charge in [-0.25, -0.2) is 4.39 Å². The Bertz CT molecular complexity index is 454. The molecule has 0 radical (unpaired) electrons. The van der Waals surface area contributed by atoms with E-state index in [9.17, 15) is 4.39 Å². The van der Waals surface area contributed by atoms with Gasteiger partial charge in [-0.3, -0.25) is 4.90 Å². The zero-order valence-electron chi connectivity index (χ0n) is 13.3. The van der Waals surface area contributed by atoms with Gasteiger partial charge in [-0.15, -0.1) is 0 Å². The molecule has 1 fully saturated rings. The summed E-state index contributed by atoms with van der Waals surface area (Å²) in [6, 6.07) is 4.81. The lowest BCUT2D eigenvalue weighted by molar-refractivity contribution is 0.229. The van der Waals surface area contributed by atoms with Gasteiger partial charge in [0.2, 0.25) is 0 Å². The van der Waals surface area contributed by atoms with Crippen LogP contribution in [0.4, 0.5) is 10.1 Å². The Morgan fingerprint density at radius 1 is 1.24 bits per heavy atom. The standard InChI is InChI=1S/C16H27FN4/c1-13(18)15-12-14(17)4-5-16(15)21-10-8-20(9-11-21)7-6-19(2)3/h4-5,12-13H,6-11,18H2,1-3H3/t13-/m1/s1. The molecule has 1 aliphatic rings. The van der Waals surface area contributed by atoms with E-state index in [1.807, 2.05) is 13.0 Å². The van der Waals surface area contributed by atoms with Gasteiger partial charge in [-0.1, -0.05) is 0 Å². The summed E-state index contributed by atoms with van der Waals surface area (Å²) in [7, 11) is 4.20. The smallest absolute Gasteiger partial charge is 0.123 e. The molecule has 0 spiro atoms. The molecule has 118 valence electrons. The van der Waals surface area contributed by atoms with Crippen molar-refractivity contribution in [2.75, 3.05) is 58.3 Å². The van der Waals surface area contributed by atoms with E-state index in [0.29, 0.717) is 0 Å². The lowest BCUT2D eigenvalue weighted by atomic mass is 10.0. The fraction of sp³-hybridized carbons (Fsp3) is 0.625. The Morgan fingerprint density at radius 2 is 1.90 bits per heavy atom. The molecule has 1 aromatic rings. The van der Waals surface area contributed by atoms with Crippen molar-refractivity contribution in [3.63, 3.8) is 0 Å². The summed E-state index contributed by atoms with van der Waals surface area (Å²) in [6.07, 6.45) is 0. The molecule has 0 unspecified atom stereocenters. The van der Waals surface area contributed by atoms with Crippen LogP contribution >= 0.6 is 0 Å². The number of hydrogen-bond acceptors (Lipinski definition) is 4. The van der Waals surface area contributed by atoms with Crippen molar-refractivity contribution in [3.8, 4) is 0 Å². The maximum Gasteiger partial charge on any atom is 0.123 e. The van der Waals surface area contributed by atoms with Crippen molar-refractivity contribution in [2.45, 2.75) is 13.0 Å². The first-order valence-corrected chi connectivity index (χ1v) is 7.64. The summed E-state index contributed by atoms with van der Waals surface area (Å²) in [5, 5.41) is 0. The van der Waals surface area contributed by atoms with E-state index in [1.165, 1.54) is 6.07 Å². The van der Waals surface area contributed by atoms with Crippen LogP contribution in [0, 0.1) is 5.82 Å². The second-order valence-corrected chi connectivity index (χ2v) is 6.12. The molecule has 4 nitrogen and oxygen atoms in total.